The van der Waals surface area contributed by atoms with Crippen molar-refractivity contribution in [1.82, 2.24) is 30.0 Å². The standard InChI is InChI=1S/C19H21N7O/c27-19(21-12-15-4-1-6-20-11-15)16-5-2-8-25(13-16)17-10-18(23-14-22-17)26-9-3-7-24-26/h1,3-4,6-7,9-11,14,16H,2,5,8,12-13H2,(H,21,27). The summed E-state index contributed by atoms with van der Waals surface area (Å²) in [4.78, 5) is 27.5. The average Bonchev–Trinajstić information content (AvgIpc) is 3.28. The van der Waals surface area contributed by atoms with Crippen LogP contribution in [0.5, 0.6) is 0 Å². The van der Waals surface area contributed by atoms with E-state index in [2.05, 4.69) is 30.3 Å². The largest absolute Gasteiger partial charge is 0.356 e. The van der Waals surface area contributed by atoms with Crippen LogP contribution in [0.4, 0.5) is 5.82 Å². The van der Waals surface area contributed by atoms with E-state index in [0.29, 0.717) is 18.9 Å². The molecule has 0 radical (unpaired) electrons. The first-order chi connectivity index (χ1) is 13.3. The molecule has 1 fully saturated rings. The lowest BCUT2D eigenvalue weighted by Gasteiger charge is -2.32. The molecule has 1 N–H and O–H groups in total. The number of pyridine rings is 1. The lowest BCUT2D eigenvalue weighted by molar-refractivity contribution is -0.125. The van der Waals surface area contributed by atoms with Crippen molar-refractivity contribution in [3.05, 3.63) is 60.9 Å². The number of hydrogen-bond acceptors (Lipinski definition) is 6. The third kappa shape index (κ3) is 4.11. The summed E-state index contributed by atoms with van der Waals surface area (Å²) in [6, 6.07) is 7.59. The Balaban J connectivity index is 1.40. The number of nitrogens with zero attached hydrogens (tertiary/aromatic N) is 6. The fraction of sp³-hybridized carbons (Fsp3) is 0.316. The summed E-state index contributed by atoms with van der Waals surface area (Å²) in [5.41, 5.74) is 0.998. The summed E-state index contributed by atoms with van der Waals surface area (Å²) in [6.45, 7) is 2.02. The Kier molecular flexibility index (Phi) is 5.04. The molecule has 4 rings (SSSR count). The van der Waals surface area contributed by atoms with Crippen molar-refractivity contribution in [3.8, 4) is 5.82 Å². The van der Waals surface area contributed by atoms with E-state index in [-0.39, 0.29) is 11.8 Å². The van der Waals surface area contributed by atoms with Crippen LogP contribution < -0.4 is 10.2 Å². The number of hydrogen-bond donors (Lipinski definition) is 1. The number of carbonyl (C=O) groups excluding carboxylic acids is 1. The molecule has 0 aromatic carbocycles. The van der Waals surface area contributed by atoms with Gasteiger partial charge >= 0.3 is 0 Å². The third-order valence-corrected chi connectivity index (χ3v) is 4.68. The van der Waals surface area contributed by atoms with Gasteiger partial charge < -0.3 is 10.2 Å². The molecular weight excluding hydrogens is 342 g/mol. The first-order valence-electron chi connectivity index (χ1n) is 9.03. The second kappa shape index (κ2) is 7.94. The molecule has 0 bridgehead atoms. The summed E-state index contributed by atoms with van der Waals surface area (Å²) in [6.07, 6.45) is 10.4. The highest BCUT2D eigenvalue weighted by atomic mass is 16.1. The Bertz CT molecular complexity index is 882. The zero-order chi connectivity index (χ0) is 18.5. The van der Waals surface area contributed by atoms with Gasteiger partial charge in [0, 0.05) is 50.5 Å². The molecular formula is C19H21N7O. The Hall–Kier alpha value is -3.29. The molecule has 4 heterocycles. The van der Waals surface area contributed by atoms with Crippen molar-refractivity contribution in [2.45, 2.75) is 19.4 Å². The van der Waals surface area contributed by atoms with E-state index in [1.807, 2.05) is 30.5 Å². The highest BCUT2D eigenvalue weighted by Gasteiger charge is 2.26. The van der Waals surface area contributed by atoms with Gasteiger partial charge in [0.2, 0.25) is 5.91 Å². The van der Waals surface area contributed by atoms with Crippen LogP contribution in [0.1, 0.15) is 18.4 Å². The second-order valence-electron chi connectivity index (χ2n) is 6.55. The highest BCUT2D eigenvalue weighted by Crippen LogP contribution is 2.22. The fourth-order valence-electron chi connectivity index (χ4n) is 3.28. The van der Waals surface area contributed by atoms with Crippen LogP contribution in [0.15, 0.2) is 55.4 Å². The van der Waals surface area contributed by atoms with E-state index in [1.54, 1.807) is 29.6 Å². The number of anilines is 1. The Morgan fingerprint density at radius 3 is 2.96 bits per heavy atom. The number of amides is 1. The number of piperidine rings is 1. The van der Waals surface area contributed by atoms with Crippen LogP contribution in [0.25, 0.3) is 5.82 Å². The summed E-state index contributed by atoms with van der Waals surface area (Å²) in [7, 11) is 0. The molecule has 3 aromatic rings. The van der Waals surface area contributed by atoms with Gasteiger partial charge in [-0.05, 0) is 30.5 Å². The number of rotatable bonds is 5. The molecule has 1 unspecified atom stereocenters. The van der Waals surface area contributed by atoms with Crippen molar-refractivity contribution in [3.63, 3.8) is 0 Å². The summed E-state index contributed by atoms with van der Waals surface area (Å²) in [5.74, 6) is 1.55. The summed E-state index contributed by atoms with van der Waals surface area (Å²) in [5, 5.41) is 7.23. The van der Waals surface area contributed by atoms with Gasteiger partial charge in [-0.1, -0.05) is 6.07 Å². The highest BCUT2D eigenvalue weighted by molar-refractivity contribution is 5.79. The molecule has 3 aromatic heterocycles. The number of nitrogens with one attached hydrogen (secondary N) is 1. The molecule has 1 aliphatic rings. The maximum Gasteiger partial charge on any atom is 0.225 e. The van der Waals surface area contributed by atoms with Crippen LogP contribution in [-0.2, 0) is 11.3 Å². The van der Waals surface area contributed by atoms with Gasteiger partial charge in [0.05, 0.1) is 5.92 Å². The lowest BCUT2D eigenvalue weighted by Crippen LogP contribution is -2.43. The fourth-order valence-corrected chi connectivity index (χ4v) is 3.28. The quantitative estimate of drug-likeness (QED) is 0.741. The van der Waals surface area contributed by atoms with Gasteiger partial charge in [0.1, 0.15) is 12.1 Å². The van der Waals surface area contributed by atoms with Crippen LogP contribution in [0.2, 0.25) is 0 Å². The molecule has 27 heavy (non-hydrogen) atoms. The van der Waals surface area contributed by atoms with Crippen molar-refractivity contribution < 1.29 is 4.79 Å². The normalized spacial score (nSPS) is 16.9. The molecule has 1 aliphatic heterocycles. The van der Waals surface area contributed by atoms with Crippen molar-refractivity contribution >= 4 is 11.7 Å². The van der Waals surface area contributed by atoms with E-state index >= 15 is 0 Å². The SMILES string of the molecule is O=C(NCc1cccnc1)C1CCCN(c2cc(-n3cccn3)ncn2)C1. The predicted octanol–water partition coefficient (Wildman–Crippen LogP) is 1.59. The molecule has 0 spiro atoms. The van der Waals surface area contributed by atoms with Gasteiger partial charge in [-0.15, -0.1) is 0 Å². The van der Waals surface area contributed by atoms with Crippen molar-refractivity contribution in [2.75, 3.05) is 18.0 Å². The molecule has 0 aliphatic carbocycles. The summed E-state index contributed by atoms with van der Waals surface area (Å²) >= 11 is 0. The second-order valence-corrected chi connectivity index (χ2v) is 6.55. The average molecular weight is 363 g/mol. The van der Waals surface area contributed by atoms with Gasteiger partial charge in [-0.2, -0.15) is 5.10 Å². The Labute approximate surface area is 157 Å². The molecule has 138 valence electrons. The topological polar surface area (TPSA) is 88.8 Å². The zero-order valence-electron chi connectivity index (χ0n) is 14.9. The van der Waals surface area contributed by atoms with Crippen LogP contribution in [0, 0.1) is 5.92 Å². The smallest absolute Gasteiger partial charge is 0.225 e. The van der Waals surface area contributed by atoms with Crippen LogP contribution in [0.3, 0.4) is 0 Å². The van der Waals surface area contributed by atoms with Gasteiger partial charge in [-0.25, -0.2) is 14.6 Å². The first-order valence-corrected chi connectivity index (χ1v) is 9.03. The third-order valence-electron chi connectivity index (χ3n) is 4.68. The minimum Gasteiger partial charge on any atom is -0.356 e. The Morgan fingerprint density at radius 2 is 2.15 bits per heavy atom. The lowest BCUT2D eigenvalue weighted by atomic mass is 9.97. The molecule has 0 saturated carbocycles. The Morgan fingerprint density at radius 1 is 1.22 bits per heavy atom. The first kappa shape index (κ1) is 17.1. The van der Waals surface area contributed by atoms with E-state index in [0.717, 1.165) is 30.8 Å². The zero-order valence-corrected chi connectivity index (χ0v) is 14.9. The maximum atomic E-state index is 12.6. The maximum absolute atomic E-state index is 12.6. The molecule has 1 amide bonds. The molecule has 8 nitrogen and oxygen atoms in total. The van der Waals surface area contributed by atoms with Crippen molar-refractivity contribution in [2.24, 2.45) is 5.92 Å². The van der Waals surface area contributed by atoms with E-state index in [9.17, 15) is 4.79 Å². The van der Waals surface area contributed by atoms with Crippen LogP contribution >= 0.6 is 0 Å². The molecule has 8 heteroatoms. The summed E-state index contributed by atoms with van der Waals surface area (Å²) < 4.78 is 1.70. The number of carbonyl (C=O) groups is 1. The minimum atomic E-state index is -0.0569. The molecule has 1 saturated heterocycles. The van der Waals surface area contributed by atoms with E-state index in [1.165, 1.54) is 0 Å². The van der Waals surface area contributed by atoms with Gasteiger partial charge in [-0.3, -0.25) is 9.78 Å². The van der Waals surface area contributed by atoms with E-state index < -0.39 is 0 Å². The van der Waals surface area contributed by atoms with Gasteiger partial charge in [0.25, 0.3) is 0 Å². The van der Waals surface area contributed by atoms with Crippen LogP contribution in [-0.4, -0.2) is 43.7 Å². The van der Waals surface area contributed by atoms with E-state index in [4.69, 9.17) is 0 Å². The predicted molar refractivity (Wildman–Crippen MR) is 100 cm³/mol. The van der Waals surface area contributed by atoms with Gasteiger partial charge in [0.15, 0.2) is 5.82 Å². The minimum absolute atomic E-state index is 0.0569. The monoisotopic (exact) mass is 363 g/mol. The van der Waals surface area contributed by atoms with Crippen molar-refractivity contribution in [1.29, 1.82) is 0 Å². The molecule has 1 atom stereocenters. The number of aromatic nitrogens is 5.